The van der Waals surface area contributed by atoms with E-state index in [1.165, 1.54) is 12.1 Å². The van der Waals surface area contributed by atoms with Crippen LogP contribution < -0.4 is 10.6 Å². The second-order valence-corrected chi connectivity index (χ2v) is 5.87. The number of aromatic hydroxyl groups is 2. The number of phenols is 2. The first-order valence-corrected chi connectivity index (χ1v) is 8.33. The molecule has 0 spiro atoms. The number of anilines is 2. The lowest BCUT2D eigenvalue weighted by molar-refractivity contribution is 0.0955. The highest BCUT2D eigenvalue weighted by molar-refractivity contribution is 6.00. The molecule has 0 aliphatic rings. The van der Waals surface area contributed by atoms with Gasteiger partial charge in [-0.25, -0.2) is 0 Å². The molecule has 132 valence electrons. The molecule has 0 atom stereocenters. The van der Waals surface area contributed by atoms with Crippen LogP contribution in [0.2, 0.25) is 0 Å². The van der Waals surface area contributed by atoms with Crippen molar-refractivity contribution in [2.24, 2.45) is 0 Å². The van der Waals surface area contributed by atoms with Gasteiger partial charge in [0.15, 0.2) is 11.5 Å². The molecule has 0 radical (unpaired) electrons. The summed E-state index contributed by atoms with van der Waals surface area (Å²) in [6.07, 6.45) is 0.549. The summed E-state index contributed by atoms with van der Waals surface area (Å²) in [4.78, 5) is 12.5. The van der Waals surface area contributed by atoms with Crippen LogP contribution in [-0.4, -0.2) is 22.7 Å². The average Bonchev–Trinajstić information content (AvgIpc) is 2.66. The van der Waals surface area contributed by atoms with Crippen molar-refractivity contribution in [1.82, 2.24) is 5.32 Å². The predicted octanol–water partition coefficient (Wildman–Crippen LogP) is 3.81. The fourth-order valence-electron chi connectivity index (χ4n) is 2.61. The number of hydrogen-bond donors (Lipinski definition) is 4. The summed E-state index contributed by atoms with van der Waals surface area (Å²) in [6.45, 7) is 0.419. The Labute approximate surface area is 151 Å². The minimum atomic E-state index is -0.174. The molecule has 4 N–H and O–H groups in total. The number of phenolic OH excluding ortho intramolecular Hbond substituents is 2. The Morgan fingerprint density at radius 1 is 0.846 bits per heavy atom. The molecule has 3 aromatic rings. The highest BCUT2D eigenvalue weighted by Gasteiger charge is 2.11. The number of carbonyl (C=O) groups excluding carboxylic acids is 1. The van der Waals surface area contributed by atoms with E-state index in [0.29, 0.717) is 18.5 Å². The van der Waals surface area contributed by atoms with Crippen LogP contribution >= 0.6 is 0 Å². The average molecular weight is 348 g/mol. The van der Waals surface area contributed by atoms with E-state index >= 15 is 0 Å². The van der Waals surface area contributed by atoms with E-state index in [2.05, 4.69) is 10.6 Å². The lowest BCUT2D eigenvalue weighted by Crippen LogP contribution is -2.26. The Morgan fingerprint density at radius 3 is 2.35 bits per heavy atom. The highest BCUT2D eigenvalue weighted by Crippen LogP contribution is 2.25. The fourth-order valence-corrected chi connectivity index (χ4v) is 2.61. The quantitative estimate of drug-likeness (QED) is 0.511. The summed E-state index contributed by atoms with van der Waals surface area (Å²) in [5, 5.41) is 25.0. The number of amides is 1. The number of rotatable bonds is 6. The summed E-state index contributed by atoms with van der Waals surface area (Å²) < 4.78 is 0. The van der Waals surface area contributed by atoms with Crippen molar-refractivity contribution in [3.05, 3.63) is 83.9 Å². The van der Waals surface area contributed by atoms with E-state index in [1.54, 1.807) is 12.1 Å². The van der Waals surface area contributed by atoms with Gasteiger partial charge in [0, 0.05) is 12.2 Å². The van der Waals surface area contributed by atoms with Crippen molar-refractivity contribution in [2.75, 3.05) is 11.9 Å². The van der Waals surface area contributed by atoms with Crippen LogP contribution in [-0.2, 0) is 6.42 Å². The van der Waals surface area contributed by atoms with Crippen molar-refractivity contribution >= 4 is 17.3 Å². The van der Waals surface area contributed by atoms with Gasteiger partial charge in [-0.1, -0.05) is 36.4 Å². The summed E-state index contributed by atoms with van der Waals surface area (Å²) in [5.41, 5.74) is 3.03. The van der Waals surface area contributed by atoms with Gasteiger partial charge in [-0.2, -0.15) is 0 Å². The van der Waals surface area contributed by atoms with E-state index < -0.39 is 0 Å². The van der Waals surface area contributed by atoms with Crippen molar-refractivity contribution in [3.8, 4) is 11.5 Å². The lowest BCUT2D eigenvalue weighted by atomic mass is 10.1. The van der Waals surface area contributed by atoms with Crippen molar-refractivity contribution in [3.63, 3.8) is 0 Å². The second-order valence-electron chi connectivity index (χ2n) is 5.87. The standard InChI is InChI=1S/C21H20N2O3/c24-19-11-10-15(14-20(19)25)12-13-22-21(26)17-8-4-5-9-18(17)23-16-6-2-1-3-7-16/h1-11,14,23-25H,12-13H2,(H,22,26). The normalized spacial score (nSPS) is 10.3. The summed E-state index contributed by atoms with van der Waals surface area (Å²) in [7, 11) is 0. The Kier molecular flexibility index (Phi) is 5.39. The topological polar surface area (TPSA) is 81.6 Å². The maximum Gasteiger partial charge on any atom is 0.253 e. The summed E-state index contributed by atoms with van der Waals surface area (Å²) in [6, 6.07) is 21.6. The van der Waals surface area contributed by atoms with Crippen LogP contribution in [0, 0.1) is 0 Å². The summed E-state index contributed by atoms with van der Waals surface area (Å²) in [5.74, 6) is -0.489. The third kappa shape index (κ3) is 4.33. The van der Waals surface area contributed by atoms with Gasteiger partial charge in [-0.15, -0.1) is 0 Å². The van der Waals surface area contributed by atoms with Gasteiger partial charge < -0.3 is 20.8 Å². The van der Waals surface area contributed by atoms with Gasteiger partial charge >= 0.3 is 0 Å². The Bertz CT molecular complexity index is 895. The second kappa shape index (κ2) is 8.07. The third-order valence-corrected chi connectivity index (χ3v) is 3.96. The van der Waals surface area contributed by atoms with Crippen molar-refractivity contribution in [2.45, 2.75) is 6.42 Å². The maximum absolute atomic E-state index is 12.5. The van der Waals surface area contributed by atoms with E-state index in [4.69, 9.17) is 0 Å². The predicted molar refractivity (Wildman–Crippen MR) is 102 cm³/mol. The Morgan fingerprint density at radius 2 is 1.58 bits per heavy atom. The first kappa shape index (κ1) is 17.4. The minimum absolute atomic E-state index is 0.154. The largest absolute Gasteiger partial charge is 0.504 e. The first-order chi connectivity index (χ1) is 12.6. The molecule has 3 rings (SSSR count). The third-order valence-electron chi connectivity index (χ3n) is 3.96. The summed E-state index contributed by atoms with van der Waals surface area (Å²) >= 11 is 0. The molecule has 0 heterocycles. The lowest BCUT2D eigenvalue weighted by Gasteiger charge is -2.12. The molecule has 0 bridgehead atoms. The molecule has 5 nitrogen and oxygen atoms in total. The van der Waals surface area contributed by atoms with Crippen LogP contribution in [0.1, 0.15) is 15.9 Å². The Balaban J connectivity index is 1.63. The molecular formula is C21H20N2O3. The molecule has 0 aliphatic carbocycles. The molecule has 0 saturated carbocycles. The monoisotopic (exact) mass is 348 g/mol. The van der Waals surface area contributed by atoms with Gasteiger partial charge in [0.1, 0.15) is 0 Å². The number of nitrogens with one attached hydrogen (secondary N) is 2. The number of carbonyl (C=O) groups is 1. The molecule has 0 saturated heterocycles. The van der Waals surface area contributed by atoms with Gasteiger partial charge in [0.05, 0.1) is 11.3 Å². The zero-order valence-corrected chi connectivity index (χ0v) is 14.1. The molecule has 3 aromatic carbocycles. The minimum Gasteiger partial charge on any atom is -0.504 e. The zero-order chi connectivity index (χ0) is 18.4. The van der Waals surface area contributed by atoms with Gasteiger partial charge in [-0.3, -0.25) is 4.79 Å². The van der Waals surface area contributed by atoms with E-state index in [1.807, 2.05) is 48.5 Å². The first-order valence-electron chi connectivity index (χ1n) is 8.33. The number of para-hydroxylation sites is 2. The molecule has 0 aliphatic heterocycles. The van der Waals surface area contributed by atoms with Gasteiger partial charge in [0.2, 0.25) is 0 Å². The van der Waals surface area contributed by atoms with Crippen molar-refractivity contribution in [1.29, 1.82) is 0 Å². The molecule has 1 amide bonds. The molecule has 0 fully saturated rings. The van der Waals surface area contributed by atoms with Gasteiger partial charge in [-0.05, 0) is 48.4 Å². The SMILES string of the molecule is O=C(NCCc1ccc(O)c(O)c1)c1ccccc1Nc1ccccc1. The molecule has 26 heavy (non-hydrogen) atoms. The zero-order valence-electron chi connectivity index (χ0n) is 14.1. The molecule has 0 unspecified atom stereocenters. The smallest absolute Gasteiger partial charge is 0.253 e. The van der Waals surface area contributed by atoms with Crippen LogP contribution in [0.4, 0.5) is 11.4 Å². The maximum atomic E-state index is 12.5. The molecular weight excluding hydrogens is 328 g/mol. The van der Waals surface area contributed by atoms with E-state index in [9.17, 15) is 15.0 Å². The van der Waals surface area contributed by atoms with Crippen LogP contribution in [0.15, 0.2) is 72.8 Å². The molecule has 0 aromatic heterocycles. The van der Waals surface area contributed by atoms with E-state index in [0.717, 1.165) is 16.9 Å². The highest BCUT2D eigenvalue weighted by atomic mass is 16.3. The van der Waals surface area contributed by atoms with Crippen LogP contribution in [0.25, 0.3) is 0 Å². The number of hydrogen-bond acceptors (Lipinski definition) is 4. The van der Waals surface area contributed by atoms with Crippen molar-refractivity contribution < 1.29 is 15.0 Å². The van der Waals surface area contributed by atoms with E-state index in [-0.39, 0.29) is 17.4 Å². The molecule has 5 heteroatoms. The van der Waals surface area contributed by atoms with Gasteiger partial charge in [0.25, 0.3) is 5.91 Å². The Hall–Kier alpha value is -3.47. The van der Waals surface area contributed by atoms with Crippen LogP contribution in [0.5, 0.6) is 11.5 Å². The number of benzene rings is 3. The fraction of sp³-hybridized carbons (Fsp3) is 0.0952. The van der Waals surface area contributed by atoms with Crippen LogP contribution in [0.3, 0.4) is 0 Å².